The number of thiophene rings is 1. The van der Waals surface area contributed by atoms with Crippen LogP contribution in [0.2, 0.25) is 4.34 Å². The highest BCUT2D eigenvalue weighted by Gasteiger charge is 2.30. The monoisotopic (exact) mass is 312 g/mol. The molecule has 0 bridgehead atoms. The van der Waals surface area contributed by atoms with Crippen LogP contribution in [0.25, 0.3) is 6.08 Å². The molecule has 4 nitrogen and oxygen atoms in total. The summed E-state index contributed by atoms with van der Waals surface area (Å²) in [5, 5.41) is 0. The summed E-state index contributed by atoms with van der Waals surface area (Å²) in [4.78, 5) is 26.1. The predicted octanol–water partition coefficient (Wildman–Crippen LogP) is 2.53. The van der Waals surface area contributed by atoms with Crippen molar-refractivity contribution in [1.82, 2.24) is 4.90 Å². The zero-order chi connectivity index (χ0) is 14.7. The van der Waals surface area contributed by atoms with Gasteiger partial charge in [-0.3, -0.25) is 9.59 Å². The molecule has 1 aliphatic rings. The number of piperidine rings is 1. The Kier molecular flexibility index (Phi) is 4.83. The Morgan fingerprint density at radius 1 is 1.45 bits per heavy atom. The van der Waals surface area contributed by atoms with Gasteiger partial charge < -0.3 is 10.6 Å². The molecule has 1 aliphatic heterocycles. The van der Waals surface area contributed by atoms with Gasteiger partial charge in [0.2, 0.25) is 11.8 Å². The molecule has 2 atom stereocenters. The minimum absolute atomic E-state index is 0.0898. The maximum absolute atomic E-state index is 12.2. The molecular weight excluding hydrogens is 296 g/mol. The molecule has 0 aromatic carbocycles. The number of rotatable bonds is 3. The largest absolute Gasteiger partial charge is 0.369 e. The number of likely N-dealkylation sites (tertiary alicyclic amines) is 1. The molecule has 1 aromatic rings. The molecule has 1 fully saturated rings. The number of carbonyl (C=O) groups is 2. The van der Waals surface area contributed by atoms with Crippen LogP contribution in [-0.4, -0.2) is 29.3 Å². The first kappa shape index (κ1) is 15.1. The van der Waals surface area contributed by atoms with Crippen molar-refractivity contribution >= 4 is 40.8 Å². The van der Waals surface area contributed by atoms with Crippen molar-refractivity contribution in [2.45, 2.75) is 25.8 Å². The van der Waals surface area contributed by atoms with Gasteiger partial charge in [-0.15, -0.1) is 11.3 Å². The third-order valence-electron chi connectivity index (χ3n) is 3.55. The summed E-state index contributed by atoms with van der Waals surface area (Å²) < 4.78 is 0.692. The molecule has 0 unspecified atom stereocenters. The molecule has 0 radical (unpaired) electrons. The molecule has 1 aromatic heterocycles. The second-order valence-electron chi connectivity index (χ2n) is 4.99. The SMILES string of the molecule is C[C@@H]1CC[C@H](C(N)=O)CN1C(=O)/C=C/c1ccc(Cl)s1. The van der Waals surface area contributed by atoms with Crippen LogP contribution in [-0.2, 0) is 9.59 Å². The normalized spacial score (nSPS) is 23.2. The quantitative estimate of drug-likeness (QED) is 0.872. The molecule has 2 rings (SSSR count). The van der Waals surface area contributed by atoms with Gasteiger partial charge in [-0.05, 0) is 38.0 Å². The Bertz CT molecular complexity index is 541. The Hall–Kier alpha value is -1.33. The lowest BCUT2D eigenvalue weighted by atomic mass is 9.93. The first-order valence-corrected chi connectivity index (χ1v) is 7.70. The first-order valence-electron chi connectivity index (χ1n) is 6.50. The number of nitrogens with zero attached hydrogens (tertiary/aromatic N) is 1. The van der Waals surface area contributed by atoms with Gasteiger partial charge in [0, 0.05) is 23.5 Å². The molecule has 0 spiro atoms. The summed E-state index contributed by atoms with van der Waals surface area (Å²) in [5.41, 5.74) is 5.33. The van der Waals surface area contributed by atoms with Crippen LogP contribution in [0.4, 0.5) is 0 Å². The molecule has 6 heteroatoms. The van der Waals surface area contributed by atoms with Crippen molar-refractivity contribution in [3.8, 4) is 0 Å². The molecule has 2 amide bonds. The molecule has 2 N–H and O–H groups in total. The van der Waals surface area contributed by atoms with Crippen LogP contribution in [0.3, 0.4) is 0 Å². The number of nitrogens with two attached hydrogens (primary N) is 1. The summed E-state index contributed by atoms with van der Waals surface area (Å²) in [6.07, 6.45) is 4.84. The minimum atomic E-state index is -0.330. The fourth-order valence-electron chi connectivity index (χ4n) is 2.31. The smallest absolute Gasteiger partial charge is 0.246 e. The van der Waals surface area contributed by atoms with Gasteiger partial charge in [-0.25, -0.2) is 0 Å². The summed E-state index contributed by atoms with van der Waals surface area (Å²) in [5.74, 6) is -0.656. The summed E-state index contributed by atoms with van der Waals surface area (Å²) >= 11 is 7.26. The van der Waals surface area contributed by atoms with Crippen LogP contribution in [0.5, 0.6) is 0 Å². The van der Waals surface area contributed by atoms with E-state index in [1.54, 1.807) is 17.0 Å². The van der Waals surface area contributed by atoms with E-state index in [0.717, 1.165) is 17.7 Å². The number of amides is 2. The average molecular weight is 313 g/mol. The maximum atomic E-state index is 12.2. The van der Waals surface area contributed by atoms with Crippen molar-refractivity contribution < 1.29 is 9.59 Å². The summed E-state index contributed by atoms with van der Waals surface area (Å²) in [7, 11) is 0. The van der Waals surface area contributed by atoms with E-state index in [4.69, 9.17) is 17.3 Å². The minimum Gasteiger partial charge on any atom is -0.369 e. The number of primary amides is 1. The van der Waals surface area contributed by atoms with Gasteiger partial charge in [0.05, 0.1) is 10.3 Å². The lowest BCUT2D eigenvalue weighted by Crippen LogP contribution is -2.48. The first-order chi connectivity index (χ1) is 9.47. The molecule has 108 valence electrons. The molecule has 1 saturated heterocycles. The van der Waals surface area contributed by atoms with E-state index in [-0.39, 0.29) is 23.8 Å². The maximum Gasteiger partial charge on any atom is 0.246 e. The van der Waals surface area contributed by atoms with Crippen LogP contribution in [0, 0.1) is 5.92 Å². The van der Waals surface area contributed by atoms with E-state index in [9.17, 15) is 9.59 Å². The topological polar surface area (TPSA) is 63.4 Å². The zero-order valence-electron chi connectivity index (χ0n) is 11.2. The molecular formula is C14H17ClN2O2S. The van der Waals surface area contributed by atoms with Crippen LogP contribution >= 0.6 is 22.9 Å². The van der Waals surface area contributed by atoms with Crippen molar-refractivity contribution in [2.75, 3.05) is 6.54 Å². The third-order valence-corrected chi connectivity index (χ3v) is 4.75. The fraction of sp³-hybridized carbons (Fsp3) is 0.429. The van der Waals surface area contributed by atoms with E-state index in [1.807, 2.05) is 13.0 Å². The third kappa shape index (κ3) is 3.61. The molecule has 0 aliphatic carbocycles. The van der Waals surface area contributed by atoms with Gasteiger partial charge in [0.25, 0.3) is 0 Å². The van der Waals surface area contributed by atoms with E-state index >= 15 is 0 Å². The average Bonchev–Trinajstić information content (AvgIpc) is 2.82. The molecule has 0 saturated carbocycles. The number of hydrogen-bond donors (Lipinski definition) is 1. The summed E-state index contributed by atoms with van der Waals surface area (Å²) in [6.45, 7) is 2.40. The molecule has 20 heavy (non-hydrogen) atoms. The Balaban J connectivity index is 2.03. The Labute approximate surface area is 127 Å². The summed E-state index contributed by atoms with van der Waals surface area (Å²) in [6, 6.07) is 3.79. The second kappa shape index (κ2) is 6.41. The van der Waals surface area contributed by atoms with Crippen LogP contribution < -0.4 is 5.73 Å². The van der Waals surface area contributed by atoms with E-state index in [2.05, 4.69) is 0 Å². The Morgan fingerprint density at radius 2 is 2.20 bits per heavy atom. The van der Waals surface area contributed by atoms with Crippen molar-refractivity contribution in [3.05, 3.63) is 27.4 Å². The highest BCUT2D eigenvalue weighted by atomic mass is 35.5. The zero-order valence-corrected chi connectivity index (χ0v) is 12.8. The van der Waals surface area contributed by atoms with Gasteiger partial charge in [-0.1, -0.05) is 11.6 Å². The van der Waals surface area contributed by atoms with E-state index in [1.165, 1.54) is 17.4 Å². The lowest BCUT2D eigenvalue weighted by Gasteiger charge is -2.36. The van der Waals surface area contributed by atoms with Crippen molar-refractivity contribution in [1.29, 1.82) is 0 Å². The standard InChI is InChI=1S/C14H17ClN2O2S/c1-9-2-3-10(14(16)19)8-17(9)13(18)7-5-11-4-6-12(15)20-11/h4-7,9-10H,2-3,8H2,1H3,(H2,16,19)/b7-5+/t9-,10+/m1/s1. The lowest BCUT2D eigenvalue weighted by molar-refractivity contribution is -0.133. The highest BCUT2D eigenvalue weighted by Crippen LogP contribution is 2.24. The number of halogens is 1. The van der Waals surface area contributed by atoms with E-state index < -0.39 is 0 Å². The number of carbonyl (C=O) groups excluding carboxylic acids is 2. The predicted molar refractivity (Wildman–Crippen MR) is 81.5 cm³/mol. The van der Waals surface area contributed by atoms with Gasteiger partial charge in [0.1, 0.15) is 0 Å². The fourth-order valence-corrected chi connectivity index (χ4v) is 3.28. The van der Waals surface area contributed by atoms with Crippen molar-refractivity contribution in [2.24, 2.45) is 11.7 Å². The van der Waals surface area contributed by atoms with Crippen LogP contribution in [0.1, 0.15) is 24.6 Å². The van der Waals surface area contributed by atoms with Gasteiger partial charge in [-0.2, -0.15) is 0 Å². The molecule has 2 heterocycles. The van der Waals surface area contributed by atoms with E-state index in [0.29, 0.717) is 10.9 Å². The van der Waals surface area contributed by atoms with Crippen molar-refractivity contribution in [3.63, 3.8) is 0 Å². The van der Waals surface area contributed by atoms with Crippen LogP contribution in [0.15, 0.2) is 18.2 Å². The Morgan fingerprint density at radius 3 is 2.80 bits per heavy atom. The highest BCUT2D eigenvalue weighted by molar-refractivity contribution is 7.17. The number of hydrogen-bond acceptors (Lipinski definition) is 3. The van der Waals surface area contributed by atoms with Gasteiger partial charge >= 0.3 is 0 Å². The second-order valence-corrected chi connectivity index (χ2v) is 6.74. The van der Waals surface area contributed by atoms with Gasteiger partial charge in [0.15, 0.2) is 0 Å².